The molecule has 1 N–H and O–H groups in total. The fourth-order valence-corrected chi connectivity index (χ4v) is 3.49. The van der Waals surface area contributed by atoms with Crippen LogP contribution < -0.4 is 0 Å². The first kappa shape index (κ1) is 13.4. The molecule has 16 heavy (non-hydrogen) atoms. The predicted octanol–water partition coefficient (Wildman–Crippen LogP) is 1.67. The van der Waals surface area contributed by atoms with E-state index in [9.17, 15) is 5.11 Å². The minimum Gasteiger partial charge on any atom is -0.415 e. The Hall–Kier alpha value is -0.683. The quantitative estimate of drug-likeness (QED) is 0.582. The van der Waals surface area contributed by atoms with Crippen molar-refractivity contribution in [3.8, 4) is 0 Å². The fourth-order valence-electron chi connectivity index (χ4n) is 1.58. The molecule has 2 atom stereocenters. The van der Waals surface area contributed by atoms with Crippen molar-refractivity contribution in [2.75, 3.05) is 20.3 Å². The summed E-state index contributed by atoms with van der Waals surface area (Å²) >= 11 is 0. The van der Waals surface area contributed by atoms with Crippen molar-refractivity contribution in [3.63, 3.8) is 0 Å². The molecule has 0 amide bonds. The fraction of sp³-hybridized carbons (Fsp3) is 0.500. The highest BCUT2D eigenvalue weighted by Crippen LogP contribution is 2.18. The molecule has 0 saturated carbocycles. The van der Waals surface area contributed by atoms with Crippen molar-refractivity contribution < 1.29 is 14.3 Å². The third-order valence-electron chi connectivity index (χ3n) is 2.52. The Morgan fingerprint density at radius 2 is 1.94 bits per heavy atom. The Bertz CT molecular complexity index is 279. The number of aliphatic hydroxyl groups is 1. The number of hydrogen-bond donors (Lipinski definition) is 1. The van der Waals surface area contributed by atoms with Gasteiger partial charge in [-0.25, -0.2) is 0 Å². The van der Waals surface area contributed by atoms with Gasteiger partial charge in [0.2, 0.25) is 9.04 Å². The summed E-state index contributed by atoms with van der Waals surface area (Å²) in [6.45, 7) is 3.23. The molecule has 0 aliphatic heterocycles. The SMILES string of the molecule is CC[SiH](OCCOC)C(O)c1ccccc1. The molecule has 1 aromatic rings. The normalized spacial score (nSPS) is 14.7. The van der Waals surface area contributed by atoms with E-state index in [2.05, 4.69) is 6.92 Å². The standard InChI is InChI=1S/C12H20O3Si/c1-3-16(15-10-9-14-2)12(13)11-7-5-4-6-8-11/h4-8,12-13,16H,3,9-10H2,1-2H3. The first-order valence-electron chi connectivity index (χ1n) is 5.63. The van der Waals surface area contributed by atoms with Crippen LogP contribution in [0.25, 0.3) is 0 Å². The Balaban J connectivity index is 2.52. The van der Waals surface area contributed by atoms with Crippen molar-refractivity contribution in [1.29, 1.82) is 0 Å². The summed E-state index contributed by atoms with van der Waals surface area (Å²) in [5.41, 5.74) is 0.529. The van der Waals surface area contributed by atoms with Crippen LogP contribution >= 0.6 is 0 Å². The second-order valence-electron chi connectivity index (χ2n) is 3.67. The summed E-state index contributed by atoms with van der Waals surface area (Å²) in [5.74, 6) is 0. The van der Waals surface area contributed by atoms with E-state index in [0.29, 0.717) is 13.2 Å². The minimum atomic E-state index is -1.59. The van der Waals surface area contributed by atoms with E-state index in [1.165, 1.54) is 0 Å². The van der Waals surface area contributed by atoms with E-state index in [1.54, 1.807) is 7.11 Å². The van der Waals surface area contributed by atoms with Crippen LogP contribution in [0.5, 0.6) is 0 Å². The third-order valence-corrected chi connectivity index (χ3v) is 5.07. The molecule has 0 aliphatic rings. The van der Waals surface area contributed by atoms with Gasteiger partial charge in [-0.05, 0) is 11.6 Å². The van der Waals surface area contributed by atoms with Gasteiger partial charge in [0.1, 0.15) is 0 Å². The van der Waals surface area contributed by atoms with E-state index in [4.69, 9.17) is 9.16 Å². The zero-order chi connectivity index (χ0) is 11.8. The van der Waals surface area contributed by atoms with Crippen LogP contribution in [0.4, 0.5) is 0 Å². The molecular weight excluding hydrogens is 220 g/mol. The highest BCUT2D eigenvalue weighted by molar-refractivity contribution is 6.52. The van der Waals surface area contributed by atoms with Crippen LogP contribution in [0.3, 0.4) is 0 Å². The van der Waals surface area contributed by atoms with Gasteiger partial charge in [0, 0.05) is 7.11 Å². The number of ether oxygens (including phenoxy) is 1. The second kappa shape index (κ2) is 7.57. The number of rotatable bonds is 7. The van der Waals surface area contributed by atoms with E-state index in [0.717, 1.165) is 11.6 Å². The number of hydrogen-bond acceptors (Lipinski definition) is 3. The molecule has 4 heteroatoms. The average Bonchev–Trinajstić information content (AvgIpc) is 2.35. The Morgan fingerprint density at radius 3 is 2.50 bits per heavy atom. The maximum atomic E-state index is 10.2. The van der Waals surface area contributed by atoms with Gasteiger partial charge in [-0.15, -0.1) is 0 Å². The molecule has 0 aromatic heterocycles. The number of aliphatic hydroxyl groups excluding tert-OH is 1. The molecule has 3 nitrogen and oxygen atoms in total. The summed E-state index contributed by atoms with van der Waals surface area (Å²) in [7, 11) is 0.0625. The first-order valence-corrected chi connectivity index (χ1v) is 7.58. The van der Waals surface area contributed by atoms with Crippen molar-refractivity contribution in [2.24, 2.45) is 0 Å². The average molecular weight is 240 g/mol. The summed E-state index contributed by atoms with van der Waals surface area (Å²) in [5, 5.41) is 10.2. The van der Waals surface area contributed by atoms with Gasteiger partial charge in [0.05, 0.1) is 18.9 Å². The van der Waals surface area contributed by atoms with E-state index in [1.807, 2.05) is 30.3 Å². The van der Waals surface area contributed by atoms with Crippen molar-refractivity contribution in [1.82, 2.24) is 0 Å². The second-order valence-corrected chi connectivity index (χ2v) is 6.52. The van der Waals surface area contributed by atoms with Gasteiger partial charge >= 0.3 is 0 Å². The molecule has 0 bridgehead atoms. The smallest absolute Gasteiger partial charge is 0.210 e. The van der Waals surface area contributed by atoms with Gasteiger partial charge in [0.15, 0.2) is 0 Å². The van der Waals surface area contributed by atoms with Gasteiger partial charge in [-0.1, -0.05) is 37.3 Å². The largest absolute Gasteiger partial charge is 0.415 e. The lowest BCUT2D eigenvalue weighted by molar-refractivity contribution is 0.133. The molecule has 0 heterocycles. The summed E-state index contributed by atoms with van der Waals surface area (Å²) < 4.78 is 10.6. The Morgan fingerprint density at radius 1 is 1.25 bits per heavy atom. The van der Waals surface area contributed by atoms with Crippen molar-refractivity contribution in [2.45, 2.75) is 18.7 Å². The van der Waals surface area contributed by atoms with Crippen LogP contribution in [0.1, 0.15) is 18.2 Å². The van der Waals surface area contributed by atoms with Crippen LogP contribution in [-0.4, -0.2) is 34.5 Å². The molecule has 2 unspecified atom stereocenters. The van der Waals surface area contributed by atoms with Gasteiger partial charge in [-0.3, -0.25) is 0 Å². The van der Waals surface area contributed by atoms with Crippen LogP contribution in [0.15, 0.2) is 30.3 Å². The number of methoxy groups -OCH3 is 1. The van der Waals surface area contributed by atoms with Gasteiger partial charge < -0.3 is 14.3 Å². The molecule has 0 spiro atoms. The van der Waals surface area contributed by atoms with Crippen molar-refractivity contribution in [3.05, 3.63) is 35.9 Å². The summed E-state index contributed by atoms with van der Waals surface area (Å²) in [6.07, 6.45) is 0. The molecule has 1 rings (SSSR count). The highest BCUT2D eigenvalue weighted by atomic mass is 28.3. The number of benzene rings is 1. The molecule has 0 fully saturated rings. The molecular formula is C12H20O3Si. The minimum absolute atomic E-state index is 0.428. The Labute approximate surface area is 98.7 Å². The van der Waals surface area contributed by atoms with Crippen LogP contribution in [0.2, 0.25) is 6.04 Å². The lowest BCUT2D eigenvalue weighted by Gasteiger charge is -2.20. The monoisotopic (exact) mass is 240 g/mol. The molecule has 0 aliphatic carbocycles. The molecule has 0 saturated heterocycles. The van der Waals surface area contributed by atoms with Crippen LogP contribution in [-0.2, 0) is 9.16 Å². The maximum Gasteiger partial charge on any atom is 0.210 e. The van der Waals surface area contributed by atoms with Crippen molar-refractivity contribution >= 4 is 9.04 Å². The van der Waals surface area contributed by atoms with E-state index in [-0.39, 0.29) is 0 Å². The molecule has 1 aromatic carbocycles. The lowest BCUT2D eigenvalue weighted by Crippen LogP contribution is -2.28. The highest BCUT2D eigenvalue weighted by Gasteiger charge is 2.21. The van der Waals surface area contributed by atoms with E-state index < -0.39 is 14.8 Å². The Kier molecular flexibility index (Phi) is 6.33. The maximum absolute atomic E-state index is 10.2. The van der Waals surface area contributed by atoms with E-state index >= 15 is 0 Å². The van der Waals surface area contributed by atoms with Gasteiger partial charge in [0.25, 0.3) is 0 Å². The van der Waals surface area contributed by atoms with Crippen LogP contribution in [0, 0.1) is 0 Å². The summed E-state index contributed by atoms with van der Waals surface area (Å²) in [4.78, 5) is 0. The zero-order valence-corrected chi connectivity index (χ0v) is 11.1. The third kappa shape index (κ3) is 4.06. The molecule has 0 radical (unpaired) electrons. The lowest BCUT2D eigenvalue weighted by atomic mass is 10.2. The summed E-state index contributed by atoms with van der Waals surface area (Å²) in [6, 6.07) is 10.6. The topological polar surface area (TPSA) is 38.7 Å². The predicted molar refractivity (Wildman–Crippen MR) is 66.9 cm³/mol. The van der Waals surface area contributed by atoms with Gasteiger partial charge in [-0.2, -0.15) is 0 Å². The zero-order valence-electron chi connectivity index (χ0n) is 9.93. The first-order chi connectivity index (χ1) is 7.79. The molecule has 90 valence electrons.